The Morgan fingerprint density at radius 1 is 0.968 bits per heavy atom. The van der Waals surface area contributed by atoms with E-state index in [2.05, 4.69) is 57.0 Å². The highest BCUT2D eigenvalue weighted by Gasteiger charge is 2.51. The summed E-state index contributed by atoms with van der Waals surface area (Å²) in [5.74, 6) is -0.0228. The van der Waals surface area contributed by atoms with Crippen LogP contribution in [0.15, 0.2) is 60.8 Å². The maximum Gasteiger partial charge on any atom is 0.322 e. The largest absolute Gasteiger partial charge is 0.361 e. The number of rotatable bonds is 6. The van der Waals surface area contributed by atoms with Gasteiger partial charge in [0, 0.05) is 23.6 Å². The van der Waals surface area contributed by atoms with Gasteiger partial charge in [0.1, 0.15) is 5.54 Å². The molecule has 1 atom stereocenters. The van der Waals surface area contributed by atoms with Gasteiger partial charge in [-0.2, -0.15) is 0 Å². The first-order valence-corrected chi connectivity index (χ1v) is 11.1. The minimum atomic E-state index is -0.806. The summed E-state index contributed by atoms with van der Waals surface area (Å²) in [7, 11) is 0. The second-order valence-corrected chi connectivity index (χ2v) is 8.78. The summed E-state index contributed by atoms with van der Waals surface area (Å²) in [6.07, 6.45) is 5.28. The Kier molecular flexibility index (Phi) is 5.24. The first-order valence-electron chi connectivity index (χ1n) is 11.1. The zero-order valence-electron chi connectivity index (χ0n) is 17.6. The van der Waals surface area contributed by atoms with Crippen molar-refractivity contribution in [2.24, 2.45) is 5.92 Å². The van der Waals surface area contributed by atoms with Crippen molar-refractivity contribution < 1.29 is 9.59 Å². The molecule has 6 heteroatoms. The number of imide groups is 1. The number of likely N-dealkylation sites (tertiary alicyclic amines) is 1. The number of hydrogen-bond donors (Lipinski definition) is 3. The maximum atomic E-state index is 12.9. The van der Waals surface area contributed by atoms with E-state index >= 15 is 0 Å². The number of carbonyl (C=O) groups excluding carboxylic acids is 2. The lowest BCUT2D eigenvalue weighted by Crippen LogP contribution is -2.56. The van der Waals surface area contributed by atoms with Crippen LogP contribution in [0.1, 0.15) is 30.4 Å². The number of para-hydroxylation sites is 1. The van der Waals surface area contributed by atoms with Crippen LogP contribution in [0.25, 0.3) is 10.9 Å². The zero-order valence-corrected chi connectivity index (χ0v) is 17.6. The lowest BCUT2D eigenvalue weighted by Gasteiger charge is -2.40. The van der Waals surface area contributed by atoms with E-state index in [1.807, 2.05) is 24.3 Å². The number of hydrogen-bond acceptors (Lipinski definition) is 3. The van der Waals surface area contributed by atoms with E-state index in [1.54, 1.807) is 0 Å². The molecule has 31 heavy (non-hydrogen) atoms. The van der Waals surface area contributed by atoms with Gasteiger partial charge < -0.3 is 10.3 Å². The highest BCUT2D eigenvalue weighted by atomic mass is 16.2. The Morgan fingerprint density at radius 3 is 2.45 bits per heavy atom. The second kappa shape index (κ2) is 8.19. The number of carbonyl (C=O) groups is 2. The van der Waals surface area contributed by atoms with Gasteiger partial charge >= 0.3 is 6.03 Å². The van der Waals surface area contributed by atoms with E-state index in [9.17, 15) is 9.59 Å². The smallest absolute Gasteiger partial charge is 0.322 e. The molecule has 0 spiro atoms. The van der Waals surface area contributed by atoms with Crippen molar-refractivity contribution >= 4 is 22.8 Å². The quantitative estimate of drug-likeness (QED) is 0.538. The lowest BCUT2D eigenvalue weighted by atomic mass is 9.74. The first-order chi connectivity index (χ1) is 15.1. The van der Waals surface area contributed by atoms with E-state index in [0.717, 1.165) is 44.4 Å². The van der Waals surface area contributed by atoms with Crippen molar-refractivity contribution in [3.8, 4) is 0 Å². The summed E-state index contributed by atoms with van der Waals surface area (Å²) in [6, 6.07) is 18.2. The van der Waals surface area contributed by atoms with Crippen LogP contribution in [-0.4, -0.2) is 40.5 Å². The van der Waals surface area contributed by atoms with Crippen LogP contribution >= 0.6 is 0 Å². The predicted molar refractivity (Wildman–Crippen MR) is 120 cm³/mol. The molecule has 0 aliphatic carbocycles. The van der Waals surface area contributed by atoms with Gasteiger partial charge in [-0.1, -0.05) is 48.5 Å². The van der Waals surface area contributed by atoms with E-state index in [1.165, 1.54) is 16.5 Å². The number of aromatic amines is 1. The summed E-state index contributed by atoms with van der Waals surface area (Å²) in [5, 5.41) is 6.79. The van der Waals surface area contributed by atoms with E-state index < -0.39 is 5.54 Å². The number of aryl methyl sites for hydroxylation is 1. The number of piperidine rings is 1. The fraction of sp³-hybridized carbons (Fsp3) is 0.360. The SMILES string of the molecule is O=C1NC(=O)C(CCc2ccccc2)(C2CCN(Cc3c[nH]c4ccccc34)CC2)N1. The molecular formula is C25H28N4O2. The number of nitrogens with zero attached hydrogens (tertiary/aromatic N) is 1. The third kappa shape index (κ3) is 3.83. The minimum absolute atomic E-state index is 0.141. The Bertz CT molecular complexity index is 1090. The van der Waals surface area contributed by atoms with Crippen molar-refractivity contribution in [2.45, 2.75) is 37.8 Å². The number of benzene rings is 2. The molecule has 2 saturated heterocycles. The van der Waals surface area contributed by atoms with Gasteiger partial charge in [0.05, 0.1) is 0 Å². The molecule has 3 amide bonds. The van der Waals surface area contributed by atoms with Gasteiger partial charge in [-0.15, -0.1) is 0 Å². The van der Waals surface area contributed by atoms with Gasteiger partial charge in [-0.3, -0.25) is 15.0 Å². The molecule has 1 unspecified atom stereocenters. The molecule has 0 radical (unpaired) electrons. The Hall–Kier alpha value is -3.12. The minimum Gasteiger partial charge on any atom is -0.361 e. The summed E-state index contributed by atoms with van der Waals surface area (Å²) in [5.41, 5.74) is 2.85. The van der Waals surface area contributed by atoms with Crippen LogP contribution in [0.3, 0.4) is 0 Å². The fourth-order valence-corrected chi connectivity index (χ4v) is 5.25. The molecule has 2 aromatic carbocycles. The van der Waals surface area contributed by atoms with E-state index in [4.69, 9.17) is 0 Å². The van der Waals surface area contributed by atoms with Crippen molar-refractivity contribution in [1.82, 2.24) is 20.5 Å². The Labute approximate surface area is 182 Å². The molecule has 3 heterocycles. The first kappa shape index (κ1) is 19.8. The molecule has 0 bridgehead atoms. The third-order valence-electron chi connectivity index (χ3n) is 6.97. The maximum absolute atomic E-state index is 12.9. The number of amides is 3. The number of urea groups is 1. The zero-order chi connectivity index (χ0) is 21.3. The van der Waals surface area contributed by atoms with Gasteiger partial charge in [0.25, 0.3) is 5.91 Å². The van der Waals surface area contributed by atoms with Crippen LogP contribution < -0.4 is 10.6 Å². The van der Waals surface area contributed by atoms with Crippen LogP contribution in [-0.2, 0) is 17.8 Å². The molecule has 0 saturated carbocycles. The molecule has 2 fully saturated rings. The second-order valence-electron chi connectivity index (χ2n) is 8.78. The lowest BCUT2D eigenvalue weighted by molar-refractivity contribution is -0.127. The summed E-state index contributed by atoms with van der Waals surface area (Å²) in [4.78, 5) is 30.8. The average molecular weight is 417 g/mol. The number of fused-ring (bicyclic) bond motifs is 1. The standard InChI is InChI=1S/C25H28N4O2/c30-23-25(28-24(31)27-23,13-10-18-6-2-1-3-7-18)20-11-14-29(15-12-20)17-19-16-26-22-9-5-4-8-21(19)22/h1-9,16,20,26H,10-15,17H2,(H2,27,28,30,31). The molecule has 5 rings (SSSR count). The van der Waals surface area contributed by atoms with Crippen molar-refractivity contribution in [1.29, 1.82) is 0 Å². The van der Waals surface area contributed by atoms with Crippen molar-refractivity contribution in [3.05, 3.63) is 71.9 Å². The number of nitrogens with one attached hydrogen (secondary N) is 3. The van der Waals surface area contributed by atoms with Crippen molar-refractivity contribution in [3.63, 3.8) is 0 Å². The monoisotopic (exact) mass is 416 g/mol. The van der Waals surface area contributed by atoms with Gasteiger partial charge in [-0.25, -0.2) is 4.79 Å². The van der Waals surface area contributed by atoms with Crippen LogP contribution in [0.4, 0.5) is 4.79 Å². The molecule has 6 nitrogen and oxygen atoms in total. The molecule has 3 aromatic rings. The molecule has 2 aliphatic heterocycles. The van der Waals surface area contributed by atoms with Gasteiger partial charge in [-0.05, 0) is 61.9 Å². The van der Waals surface area contributed by atoms with E-state index in [-0.39, 0.29) is 17.9 Å². The van der Waals surface area contributed by atoms with Crippen LogP contribution in [0.2, 0.25) is 0 Å². The number of aromatic nitrogens is 1. The average Bonchev–Trinajstić information content (AvgIpc) is 3.34. The summed E-state index contributed by atoms with van der Waals surface area (Å²) >= 11 is 0. The molecule has 1 aromatic heterocycles. The summed E-state index contributed by atoms with van der Waals surface area (Å²) in [6.45, 7) is 2.73. The molecular weight excluding hydrogens is 388 g/mol. The highest BCUT2D eigenvalue weighted by molar-refractivity contribution is 6.07. The molecule has 160 valence electrons. The van der Waals surface area contributed by atoms with Crippen LogP contribution in [0.5, 0.6) is 0 Å². The van der Waals surface area contributed by atoms with Crippen molar-refractivity contribution in [2.75, 3.05) is 13.1 Å². The normalized spacial score (nSPS) is 22.6. The Morgan fingerprint density at radius 2 is 1.71 bits per heavy atom. The third-order valence-corrected chi connectivity index (χ3v) is 6.97. The van der Waals surface area contributed by atoms with Gasteiger partial charge in [0.15, 0.2) is 0 Å². The van der Waals surface area contributed by atoms with Crippen LogP contribution in [0, 0.1) is 5.92 Å². The number of H-pyrrole nitrogens is 1. The highest BCUT2D eigenvalue weighted by Crippen LogP contribution is 2.35. The molecule has 2 aliphatic rings. The topological polar surface area (TPSA) is 77.2 Å². The fourth-order valence-electron chi connectivity index (χ4n) is 5.25. The van der Waals surface area contributed by atoms with Gasteiger partial charge in [0.2, 0.25) is 0 Å². The molecule has 3 N–H and O–H groups in total. The van der Waals surface area contributed by atoms with E-state index in [0.29, 0.717) is 6.42 Å². The summed E-state index contributed by atoms with van der Waals surface area (Å²) < 4.78 is 0. The predicted octanol–water partition coefficient (Wildman–Crippen LogP) is 3.59. The Balaban J connectivity index is 1.27.